The molecule has 0 aliphatic carbocycles. The third-order valence-corrected chi connectivity index (χ3v) is 1.69. The number of hydrogen-bond acceptors (Lipinski definition) is 3. The minimum atomic E-state index is 0.424. The molecule has 0 unspecified atom stereocenters. The maximum Gasteiger partial charge on any atom is 0.140 e. The molecule has 0 aliphatic rings. The zero-order valence-electron chi connectivity index (χ0n) is 7.37. The van der Waals surface area contributed by atoms with Gasteiger partial charge in [-0.3, -0.25) is 0 Å². The molecule has 0 aliphatic heterocycles. The predicted octanol–water partition coefficient (Wildman–Crippen LogP) is 2.88. The van der Waals surface area contributed by atoms with Gasteiger partial charge in [0.25, 0.3) is 0 Å². The van der Waals surface area contributed by atoms with Crippen LogP contribution in [0.1, 0.15) is 19.0 Å². The predicted molar refractivity (Wildman–Crippen MR) is 57.2 cm³/mol. The quantitative estimate of drug-likeness (QED) is 0.577. The smallest absolute Gasteiger partial charge is 0.140 e. The molecular formula is C9H11ClN2S. The number of aromatic nitrogens is 1. The molecule has 13 heavy (non-hydrogen) atoms. The molecule has 0 spiro atoms. The maximum absolute atomic E-state index is 8.29. The van der Waals surface area contributed by atoms with Crippen molar-refractivity contribution in [1.82, 2.24) is 4.98 Å². The second kappa shape index (κ2) is 7.90. The first-order valence-corrected chi connectivity index (χ1v) is 4.83. The monoisotopic (exact) mass is 214 g/mol. The van der Waals surface area contributed by atoms with E-state index in [9.17, 15) is 0 Å². The Labute approximate surface area is 89.0 Å². The standard InChI is InChI=1S/C6H4N2S.C3H7Cl/c7-3-5-1-2-6(9)4-8-5;1-2-3-4/h1-2,4,9H;2-3H2,1H3. The lowest BCUT2D eigenvalue weighted by Crippen LogP contribution is -1.78. The van der Waals surface area contributed by atoms with E-state index in [1.807, 2.05) is 13.0 Å². The highest BCUT2D eigenvalue weighted by Gasteiger charge is 1.87. The van der Waals surface area contributed by atoms with Gasteiger partial charge in [-0.2, -0.15) is 5.26 Å². The third-order valence-electron chi connectivity index (χ3n) is 1.05. The minimum Gasteiger partial charge on any atom is -0.244 e. The Balaban J connectivity index is 0.000000310. The van der Waals surface area contributed by atoms with Crippen LogP contribution in [0.2, 0.25) is 0 Å². The molecule has 0 N–H and O–H groups in total. The number of alkyl halides is 1. The van der Waals surface area contributed by atoms with Gasteiger partial charge in [-0.25, -0.2) is 4.98 Å². The van der Waals surface area contributed by atoms with Crippen LogP contribution >= 0.6 is 24.2 Å². The van der Waals surface area contributed by atoms with E-state index in [2.05, 4.69) is 17.6 Å². The zero-order chi connectivity index (χ0) is 10.1. The number of pyridine rings is 1. The van der Waals surface area contributed by atoms with Crippen LogP contribution in [-0.4, -0.2) is 10.9 Å². The van der Waals surface area contributed by atoms with Crippen LogP contribution in [0.5, 0.6) is 0 Å². The van der Waals surface area contributed by atoms with Gasteiger partial charge in [0.1, 0.15) is 11.8 Å². The van der Waals surface area contributed by atoms with Crippen LogP contribution in [0.4, 0.5) is 0 Å². The number of hydrogen-bond donors (Lipinski definition) is 1. The van der Waals surface area contributed by atoms with Crippen molar-refractivity contribution < 1.29 is 0 Å². The summed E-state index contributed by atoms with van der Waals surface area (Å²) < 4.78 is 0. The number of thiol groups is 1. The van der Waals surface area contributed by atoms with E-state index in [1.54, 1.807) is 18.3 Å². The largest absolute Gasteiger partial charge is 0.244 e. The molecule has 0 bridgehead atoms. The number of rotatable bonds is 1. The molecule has 1 heterocycles. The fourth-order valence-electron chi connectivity index (χ4n) is 0.452. The van der Waals surface area contributed by atoms with E-state index >= 15 is 0 Å². The fraction of sp³-hybridized carbons (Fsp3) is 0.333. The first kappa shape index (κ1) is 12.3. The maximum atomic E-state index is 8.29. The summed E-state index contributed by atoms with van der Waals surface area (Å²) in [5, 5.41) is 8.29. The van der Waals surface area contributed by atoms with Crippen molar-refractivity contribution in [3.63, 3.8) is 0 Å². The van der Waals surface area contributed by atoms with Crippen LogP contribution < -0.4 is 0 Å². The lowest BCUT2D eigenvalue weighted by molar-refractivity contribution is 1.10. The molecule has 1 rings (SSSR count). The molecule has 2 nitrogen and oxygen atoms in total. The molecule has 0 saturated heterocycles. The summed E-state index contributed by atoms with van der Waals surface area (Å²) in [5.41, 5.74) is 0.424. The Morgan fingerprint density at radius 1 is 1.62 bits per heavy atom. The van der Waals surface area contributed by atoms with Gasteiger partial charge in [0.05, 0.1) is 0 Å². The highest BCUT2D eigenvalue weighted by molar-refractivity contribution is 7.80. The summed E-state index contributed by atoms with van der Waals surface area (Å²) in [6.45, 7) is 2.05. The molecule has 0 saturated carbocycles. The first-order valence-electron chi connectivity index (χ1n) is 3.85. The Morgan fingerprint density at radius 3 is 2.54 bits per heavy atom. The molecule has 1 aromatic rings. The molecule has 0 atom stereocenters. The van der Waals surface area contributed by atoms with Gasteiger partial charge in [-0.15, -0.1) is 24.2 Å². The van der Waals surface area contributed by atoms with Crippen molar-refractivity contribution >= 4 is 24.2 Å². The highest BCUT2D eigenvalue weighted by Crippen LogP contribution is 2.02. The Bertz CT molecular complexity index is 264. The fourth-order valence-corrected chi connectivity index (χ4v) is 0.584. The lowest BCUT2D eigenvalue weighted by Gasteiger charge is -1.86. The number of halogens is 1. The van der Waals surface area contributed by atoms with Gasteiger partial charge < -0.3 is 0 Å². The summed E-state index contributed by atoms with van der Waals surface area (Å²) >= 11 is 9.18. The van der Waals surface area contributed by atoms with E-state index in [0.717, 1.165) is 17.2 Å². The lowest BCUT2D eigenvalue weighted by atomic mass is 10.4. The van der Waals surface area contributed by atoms with Gasteiger partial charge in [0.2, 0.25) is 0 Å². The van der Waals surface area contributed by atoms with E-state index in [1.165, 1.54) is 0 Å². The van der Waals surface area contributed by atoms with E-state index in [-0.39, 0.29) is 0 Å². The van der Waals surface area contributed by atoms with E-state index < -0.39 is 0 Å². The summed E-state index contributed by atoms with van der Waals surface area (Å²) in [6.07, 6.45) is 2.63. The highest BCUT2D eigenvalue weighted by atomic mass is 35.5. The number of nitrogens with zero attached hydrogens (tertiary/aromatic N) is 2. The van der Waals surface area contributed by atoms with Crippen LogP contribution in [0.25, 0.3) is 0 Å². The molecule has 0 radical (unpaired) electrons. The number of nitriles is 1. The van der Waals surface area contributed by atoms with Crippen LogP contribution in [0.15, 0.2) is 23.2 Å². The molecular weight excluding hydrogens is 204 g/mol. The van der Waals surface area contributed by atoms with E-state index in [0.29, 0.717) is 5.69 Å². The van der Waals surface area contributed by atoms with Gasteiger partial charge >= 0.3 is 0 Å². The van der Waals surface area contributed by atoms with Crippen molar-refractivity contribution in [1.29, 1.82) is 5.26 Å². The SMILES string of the molecule is CCCCl.N#Cc1ccc(S)cn1. The van der Waals surface area contributed by atoms with Crippen LogP contribution in [0.3, 0.4) is 0 Å². The first-order chi connectivity index (χ1) is 6.24. The van der Waals surface area contributed by atoms with Gasteiger partial charge in [-0.05, 0) is 18.6 Å². The van der Waals surface area contributed by atoms with Crippen molar-refractivity contribution in [2.24, 2.45) is 0 Å². The summed E-state index contributed by atoms with van der Waals surface area (Å²) in [6, 6.07) is 5.27. The average Bonchev–Trinajstić information content (AvgIpc) is 2.19. The topological polar surface area (TPSA) is 36.7 Å². The Hall–Kier alpha value is -0.720. The molecule has 4 heteroatoms. The summed E-state index contributed by atoms with van der Waals surface area (Å²) in [7, 11) is 0. The third kappa shape index (κ3) is 6.44. The second-order valence-electron chi connectivity index (χ2n) is 2.20. The normalized spacial score (nSPS) is 8.15. The Morgan fingerprint density at radius 2 is 2.23 bits per heavy atom. The van der Waals surface area contributed by atoms with Crippen LogP contribution in [0, 0.1) is 11.3 Å². The Kier molecular flexibility index (Phi) is 7.47. The van der Waals surface area contributed by atoms with Crippen LogP contribution in [-0.2, 0) is 0 Å². The molecule has 0 fully saturated rings. The molecule has 1 aromatic heterocycles. The average molecular weight is 215 g/mol. The van der Waals surface area contributed by atoms with Gasteiger partial charge in [-0.1, -0.05) is 6.92 Å². The van der Waals surface area contributed by atoms with Crippen molar-refractivity contribution in [2.45, 2.75) is 18.2 Å². The molecule has 0 amide bonds. The second-order valence-corrected chi connectivity index (χ2v) is 3.10. The molecule has 0 aromatic carbocycles. The van der Waals surface area contributed by atoms with Crippen molar-refractivity contribution in [3.05, 3.63) is 24.0 Å². The minimum absolute atomic E-state index is 0.424. The zero-order valence-corrected chi connectivity index (χ0v) is 9.02. The summed E-state index contributed by atoms with van der Waals surface area (Å²) in [4.78, 5) is 4.53. The van der Waals surface area contributed by atoms with Crippen molar-refractivity contribution in [3.8, 4) is 6.07 Å². The van der Waals surface area contributed by atoms with E-state index in [4.69, 9.17) is 16.9 Å². The van der Waals surface area contributed by atoms with Gasteiger partial charge in [0.15, 0.2) is 0 Å². The van der Waals surface area contributed by atoms with Crippen molar-refractivity contribution in [2.75, 3.05) is 5.88 Å². The summed E-state index contributed by atoms with van der Waals surface area (Å²) in [5.74, 6) is 0.792. The van der Waals surface area contributed by atoms with Gasteiger partial charge in [0, 0.05) is 17.0 Å². The molecule has 70 valence electrons.